The number of aliphatic hydroxyl groups is 1. The van der Waals surface area contributed by atoms with Crippen LogP contribution in [-0.4, -0.2) is 41.6 Å². The minimum atomic E-state index is -4.84. The Morgan fingerprint density at radius 3 is 2.49 bits per heavy atom. The van der Waals surface area contributed by atoms with Crippen LogP contribution in [0.5, 0.6) is 5.75 Å². The molecule has 0 amide bonds. The number of ether oxygens (including phenoxy) is 1. The van der Waals surface area contributed by atoms with E-state index < -0.39 is 28.2 Å². The van der Waals surface area contributed by atoms with Gasteiger partial charge in [0.25, 0.3) is 10.0 Å². The van der Waals surface area contributed by atoms with E-state index >= 15 is 0 Å². The normalized spacial score (nSPS) is 16.2. The smallest absolute Gasteiger partial charge is 0.406 e. The number of benzene rings is 2. The van der Waals surface area contributed by atoms with Gasteiger partial charge in [0.1, 0.15) is 5.75 Å². The summed E-state index contributed by atoms with van der Waals surface area (Å²) < 4.78 is 68.7. The van der Waals surface area contributed by atoms with E-state index in [4.69, 9.17) is 0 Å². The van der Waals surface area contributed by atoms with Crippen LogP contribution in [0.25, 0.3) is 22.2 Å². The molecule has 0 bridgehead atoms. The number of halogens is 3. The molecule has 1 aliphatic heterocycles. The second-order valence-corrected chi connectivity index (χ2v) is 9.51. The van der Waals surface area contributed by atoms with Crippen molar-refractivity contribution in [3.8, 4) is 16.9 Å². The third-order valence-electron chi connectivity index (χ3n) is 5.47. The first-order valence-electron chi connectivity index (χ1n) is 10.3. The first kappa shape index (κ1) is 23.1. The molecule has 0 fully saturated rings. The number of nitrogens with zero attached hydrogens (tertiary/aromatic N) is 2. The van der Waals surface area contributed by atoms with Crippen molar-refractivity contribution in [1.29, 1.82) is 0 Å². The molecule has 0 saturated heterocycles. The molecule has 2 aromatic heterocycles. The lowest BCUT2D eigenvalue weighted by Crippen LogP contribution is -2.29. The van der Waals surface area contributed by atoms with Crippen LogP contribution in [0.15, 0.2) is 59.6 Å². The number of aromatic nitrogens is 3. The molecule has 13 heteroatoms. The van der Waals surface area contributed by atoms with Gasteiger partial charge in [-0.25, -0.2) is 13.4 Å². The zero-order chi connectivity index (χ0) is 24.8. The molecule has 2 aromatic carbocycles. The van der Waals surface area contributed by atoms with Crippen molar-refractivity contribution in [2.75, 3.05) is 11.3 Å². The van der Waals surface area contributed by atoms with Crippen LogP contribution in [0.4, 0.5) is 18.9 Å². The molecule has 1 aliphatic rings. The summed E-state index contributed by atoms with van der Waals surface area (Å²) in [5, 5.41) is 21.3. The number of sulfonamides is 1. The van der Waals surface area contributed by atoms with E-state index in [2.05, 4.69) is 30.0 Å². The molecule has 4 N–H and O–H groups in total. The van der Waals surface area contributed by atoms with Crippen LogP contribution in [-0.2, 0) is 16.6 Å². The fraction of sp³-hybridized carbons (Fsp3) is 0.182. The zero-order valence-electron chi connectivity index (χ0n) is 17.8. The van der Waals surface area contributed by atoms with Crippen LogP contribution in [0, 0.1) is 0 Å². The van der Waals surface area contributed by atoms with Gasteiger partial charge in [-0.15, -0.1) is 13.2 Å². The Balaban J connectivity index is 1.44. The maximum absolute atomic E-state index is 12.8. The number of H-pyrrole nitrogens is 1. The highest BCUT2D eigenvalue weighted by molar-refractivity contribution is 7.92. The summed E-state index contributed by atoms with van der Waals surface area (Å²) in [5.74, 6) is -0.464. The number of aliphatic hydroxyl groups excluding tert-OH is 1. The average molecular weight is 505 g/mol. The van der Waals surface area contributed by atoms with Gasteiger partial charge in [0.15, 0.2) is 5.65 Å². The van der Waals surface area contributed by atoms with Crippen LogP contribution >= 0.6 is 0 Å². The quantitative estimate of drug-likeness (QED) is 0.327. The second kappa shape index (κ2) is 8.52. The largest absolute Gasteiger partial charge is 0.573 e. The first-order valence-corrected chi connectivity index (χ1v) is 11.8. The Kier molecular flexibility index (Phi) is 5.62. The van der Waals surface area contributed by atoms with Crippen molar-refractivity contribution in [3.63, 3.8) is 0 Å². The van der Waals surface area contributed by atoms with Crippen molar-refractivity contribution in [2.24, 2.45) is 0 Å². The van der Waals surface area contributed by atoms with Crippen LogP contribution in [0.1, 0.15) is 17.4 Å². The third kappa shape index (κ3) is 4.65. The van der Waals surface area contributed by atoms with Gasteiger partial charge in [-0.05, 0) is 42.0 Å². The Bertz CT molecular complexity index is 1490. The summed E-state index contributed by atoms with van der Waals surface area (Å²) in [6.07, 6.45) is -4.04. The van der Waals surface area contributed by atoms with Crippen molar-refractivity contribution in [3.05, 3.63) is 66.0 Å². The zero-order valence-corrected chi connectivity index (χ0v) is 18.6. The number of hydrogen-bond donors (Lipinski definition) is 4. The molecule has 35 heavy (non-hydrogen) atoms. The van der Waals surface area contributed by atoms with Gasteiger partial charge in [-0.1, -0.05) is 12.1 Å². The summed E-state index contributed by atoms with van der Waals surface area (Å²) in [7, 11) is -4.02. The minimum Gasteiger partial charge on any atom is -0.406 e. The number of aromatic amines is 1. The van der Waals surface area contributed by atoms with E-state index in [1.165, 1.54) is 24.3 Å². The Hall–Kier alpha value is -3.68. The number of β-amino-alcohol motifs (C(OH)–C–C–N with tert-alkyl or cyclic N) is 1. The fourth-order valence-corrected chi connectivity index (χ4v) is 5.06. The molecule has 1 atom stereocenters. The van der Waals surface area contributed by atoms with E-state index in [-0.39, 0.29) is 10.6 Å². The number of rotatable bonds is 5. The van der Waals surface area contributed by atoms with E-state index in [1.54, 1.807) is 18.3 Å². The average Bonchev–Trinajstić information content (AvgIpc) is 3.26. The summed E-state index contributed by atoms with van der Waals surface area (Å²) in [4.78, 5) is 4.47. The van der Waals surface area contributed by atoms with Crippen molar-refractivity contribution in [2.45, 2.75) is 23.9 Å². The lowest BCUT2D eigenvalue weighted by atomic mass is 9.91. The van der Waals surface area contributed by atoms with E-state index in [0.717, 1.165) is 12.1 Å². The van der Waals surface area contributed by atoms with Crippen molar-refractivity contribution >= 4 is 26.7 Å². The van der Waals surface area contributed by atoms with Gasteiger partial charge in [0, 0.05) is 35.3 Å². The SMILES string of the molecule is O=S(=O)(Nc1ccc(OC(F)(F)F)cc1)c1ccc(-c2c3c(nc4[nH]ncc24)CNCC3O)cc1. The molecule has 0 aliphatic carbocycles. The van der Waals surface area contributed by atoms with E-state index in [9.17, 15) is 26.7 Å². The van der Waals surface area contributed by atoms with Gasteiger partial charge in [0.05, 0.1) is 22.9 Å². The van der Waals surface area contributed by atoms with Gasteiger partial charge in [-0.3, -0.25) is 9.82 Å². The molecule has 4 aromatic rings. The number of anilines is 1. The molecular formula is C22H18F3N5O4S. The molecule has 1 unspecified atom stereocenters. The Labute approximate surface area is 197 Å². The maximum Gasteiger partial charge on any atom is 0.573 e. The molecular weight excluding hydrogens is 487 g/mol. The molecule has 0 saturated carbocycles. The number of nitrogens with one attached hydrogen (secondary N) is 3. The van der Waals surface area contributed by atoms with E-state index in [0.29, 0.717) is 46.5 Å². The fourth-order valence-electron chi connectivity index (χ4n) is 4.01. The highest BCUT2D eigenvalue weighted by Crippen LogP contribution is 2.37. The van der Waals surface area contributed by atoms with E-state index in [1.807, 2.05) is 0 Å². The summed E-state index contributed by atoms with van der Waals surface area (Å²) >= 11 is 0. The maximum atomic E-state index is 12.8. The number of fused-ring (bicyclic) bond motifs is 2. The number of hydrogen-bond acceptors (Lipinski definition) is 7. The first-order chi connectivity index (χ1) is 16.6. The highest BCUT2D eigenvalue weighted by Gasteiger charge is 2.31. The third-order valence-corrected chi connectivity index (χ3v) is 6.87. The lowest BCUT2D eigenvalue weighted by molar-refractivity contribution is -0.274. The van der Waals surface area contributed by atoms with Gasteiger partial charge in [-0.2, -0.15) is 5.10 Å². The standard InChI is InChI=1S/C22H18F3N5O4S/c23-22(24,25)34-14-5-3-13(4-6-14)30-35(32,33)15-7-1-12(2-8-15)19-16-9-27-29-21(16)28-17-10-26-11-18(31)20(17)19/h1-9,18,26,30-31H,10-11H2,(H,27,28,29). The molecule has 0 radical (unpaired) electrons. The van der Waals surface area contributed by atoms with Crippen LogP contribution < -0.4 is 14.8 Å². The molecule has 0 spiro atoms. The predicted octanol–water partition coefficient (Wildman–Crippen LogP) is 3.46. The Morgan fingerprint density at radius 1 is 1.09 bits per heavy atom. The molecule has 3 heterocycles. The van der Waals surface area contributed by atoms with Gasteiger partial charge in [0.2, 0.25) is 0 Å². The second-order valence-electron chi connectivity index (χ2n) is 7.83. The summed E-state index contributed by atoms with van der Waals surface area (Å²) in [6, 6.07) is 10.4. The molecule has 9 nitrogen and oxygen atoms in total. The van der Waals surface area contributed by atoms with Crippen molar-refractivity contribution in [1.82, 2.24) is 20.5 Å². The summed E-state index contributed by atoms with van der Waals surface area (Å²) in [5.41, 5.74) is 3.33. The topological polar surface area (TPSA) is 129 Å². The predicted molar refractivity (Wildman–Crippen MR) is 120 cm³/mol. The number of alkyl halides is 3. The van der Waals surface area contributed by atoms with Crippen LogP contribution in [0.2, 0.25) is 0 Å². The van der Waals surface area contributed by atoms with Crippen molar-refractivity contribution < 1.29 is 31.4 Å². The Morgan fingerprint density at radius 2 is 1.80 bits per heavy atom. The number of pyridine rings is 1. The van der Waals surface area contributed by atoms with Gasteiger partial charge < -0.3 is 15.2 Å². The lowest BCUT2D eigenvalue weighted by Gasteiger charge is -2.25. The monoisotopic (exact) mass is 505 g/mol. The minimum absolute atomic E-state index is 0.0505. The molecule has 5 rings (SSSR count). The highest BCUT2D eigenvalue weighted by atomic mass is 32.2. The van der Waals surface area contributed by atoms with Crippen LogP contribution in [0.3, 0.4) is 0 Å². The summed E-state index contributed by atoms with van der Waals surface area (Å²) in [6.45, 7) is 0.825. The molecule has 182 valence electrons. The van der Waals surface area contributed by atoms with Gasteiger partial charge >= 0.3 is 6.36 Å².